The van der Waals surface area contributed by atoms with Gasteiger partial charge in [-0.25, -0.2) is 0 Å². The summed E-state index contributed by atoms with van der Waals surface area (Å²) in [5, 5.41) is 12.1. The molecular weight excluding hydrogens is 421 g/mol. The van der Waals surface area contributed by atoms with Gasteiger partial charge in [0.05, 0.1) is 30.9 Å². The van der Waals surface area contributed by atoms with E-state index in [1.54, 1.807) is 0 Å². The fraction of sp³-hybridized carbons (Fsp3) is 0.579. The van der Waals surface area contributed by atoms with Crippen LogP contribution >= 0.6 is 11.3 Å². The van der Waals surface area contributed by atoms with Crippen LogP contribution in [0.1, 0.15) is 37.8 Å². The van der Waals surface area contributed by atoms with E-state index in [-0.39, 0.29) is 25.3 Å². The highest BCUT2D eigenvalue weighted by molar-refractivity contribution is 7.14. The zero-order chi connectivity index (χ0) is 22.2. The zero-order valence-corrected chi connectivity index (χ0v) is 17.9. The molecular formula is C19H23F3N4O3S. The molecule has 164 valence electrons. The minimum absolute atomic E-state index is 0.0132. The molecule has 0 N–H and O–H groups in total. The van der Waals surface area contributed by atoms with Gasteiger partial charge in [-0.2, -0.15) is 18.1 Å². The van der Waals surface area contributed by atoms with E-state index in [0.717, 1.165) is 6.07 Å². The molecule has 1 aromatic carbocycles. The van der Waals surface area contributed by atoms with E-state index in [2.05, 4.69) is 15.4 Å². The third kappa shape index (κ3) is 4.33. The maximum absolute atomic E-state index is 13.6. The van der Waals surface area contributed by atoms with Gasteiger partial charge < -0.3 is 9.47 Å². The monoisotopic (exact) mass is 444 g/mol. The molecule has 1 aliphatic heterocycles. The normalized spacial score (nSPS) is 21.7. The van der Waals surface area contributed by atoms with Crippen molar-refractivity contribution >= 4 is 11.3 Å². The average Bonchev–Trinajstić information content (AvgIpc) is 3.26. The number of rotatable bonds is 7. The molecule has 0 spiro atoms. The highest BCUT2D eigenvalue weighted by Gasteiger charge is 2.49. The molecule has 1 saturated heterocycles. The van der Waals surface area contributed by atoms with Crippen LogP contribution in [0.15, 0.2) is 23.4 Å². The Morgan fingerprint density at radius 1 is 1.30 bits per heavy atom. The summed E-state index contributed by atoms with van der Waals surface area (Å²) in [5.41, 5.74) is -1.61. The van der Waals surface area contributed by atoms with Crippen LogP contribution in [0.5, 0.6) is 5.75 Å². The van der Waals surface area contributed by atoms with Crippen molar-refractivity contribution in [1.29, 1.82) is 0 Å². The number of benzene rings is 1. The summed E-state index contributed by atoms with van der Waals surface area (Å²) in [7, 11) is 1.92. The van der Waals surface area contributed by atoms with Crippen molar-refractivity contribution in [2.75, 3.05) is 26.8 Å². The highest BCUT2D eigenvalue weighted by atomic mass is 32.1. The molecule has 3 rings (SSSR count). The lowest BCUT2D eigenvalue weighted by Gasteiger charge is -2.34. The number of hydrogen-bond donors (Lipinski definition) is 0. The first-order chi connectivity index (χ1) is 14.0. The minimum atomic E-state index is -4.60. The Labute approximate surface area is 176 Å². The summed E-state index contributed by atoms with van der Waals surface area (Å²) < 4.78 is 51.8. The van der Waals surface area contributed by atoms with E-state index in [9.17, 15) is 18.1 Å². The lowest BCUT2D eigenvalue weighted by molar-refractivity contribution is -0.138. The van der Waals surface area contributed by atoms with Gasteiger partial charge in [-0.05, 0) is 46.0 Å². The molecule has 0 bridgehead atoms. The topological polar surface area (TPSA) is 76.9 Å². The first-order valence-corrected chi connectivity index (χ1v) is 10.2. The van der Waals surface area contributed by atoms with Gasteiger partial charge in [0, 0.05) is 12.0 Å². The summed E-state index contributed by atoms with van der Waals surface area (Å²) in [4.78, 5) is 12.1. The first-order valence-electron chi connectivity index (χ1n) is 9.34. The maximum atomic E-state index is 13.6. The van der Waals surface area contributed by atoms with Gasteiger partial charge in [0.1, 0.15) is 21.5 Å². The number of alkyl halides is 3. The van der Waals surface area contributed by atoms with Gasteiger partial charge in [-0.1, -0.05) is 16.5 Å². The fourth-order valence-corrected chi connectivity index (χ4v) is 4.20. The van der Waals surface area contributed by atoms with Crippen LogP contribution in [0.4, 0.5) is 13.2 Å². The highest BCUT2D eigenvalue weighted by Crippen LogP contribution is 2.44. The molecule has 1 aliphatic rings. The van der Waals surface area contributed by atoms with E-state index < -0.39 is 23.0 Å². The number of aromatic nitrogens is 2. The Hall–Kier alpha value is -2.11. The molecule has 2 heterocycles. The van der Waals surface area contributed by atoms with Crippen molar-refractivity contribution in [2.45, 2.75) is 44.6 Å². The molecule has 1 fully saturated rings. The van der Waals surface area contributed by atoms with Crippen molar-refractivity contribution in [1.82, 2.24) is 15.1 Å². The molecule has 30 heavy (non-hydrogen) atoms. The van der Waals surface area contributed by atoms with Crippen LogP contribution in [-0.4, -0.2) is 47.6 Å². The van der Waals surface area contributed by atoms with E-state index in [1.807, 2.05) is 32.7 Å². The second-order valence-electron chi connectivity index (χ2n) is 7.74. The Morgan fingerprint density at radius 3 is 2.63 bits per heavy atom. The third-order valence-electron chi connectivity index (χ3n) is 5.32. The van der Waals surface area contributed by atoms with Crippen molar-refractivity contribution < 1.29 is 22.6 Å². The van der Waals surface area contributed by atoms with Crippen LogP contribution < -0.4 is 4.74 Å². The summed E-state index contributed by atoms with van der Waals surface area (Å²) in [5.74, 6) is -0.292. The van der Waals surface area contributed by atoms with E-state index in [4.69, 9.17) is 9.47 Å². The molecule has 0 saturated carbocycles. The number of nitrogens with zero attached hydrogens (tertiary/aromatic N) is 4. The van der Waals surface area contributed by atoms with Gasteiger partial charge in [-0.15, -0.1) is 10.2 Å². The lowest BCUT2D eigenvalue weighted by atomic mass is 10.0. The standard InChI is InChI=1S/C19H23F3N4O3S/c1-17(2)26(4)18(3,11-29-17)16-25-24-15(30-16)12-6-7-14(28-9-5-8-23-27)13(10-12)19(20,21)22/h6-7,10H,5,8-9,11H2,1-4H3/t18-/m0/s1. The van der Waals surface area contributed by atoms with E-state index in [0.29, 0.717) is 22.2 Å². The molecule has 0 radical (unpaired) electrons. The molecule has 1 atom stereocenters. The largest absolute Gasteiger partial charge is 0.493 e. The quantitative estimate of drug-likeness (QED) is 0.456. The second kappa shape index (κ2) is 8.20. The summed E-state index contributed by atoms with van der Waals surface area (Å²) in [6, 6.07) is 3.80. The van der Waals surface area contributed by atoms with E-state index in [1.165, 1.54) is 23.5 Å². The smallest absolute Gasteiger partial charge is 0.419 e. The fourth-order valence-electron chi connectivity index (χ4n) is 3.19. The van der Waals surface area contributed by atoms with Crippen molar-refractivity contribution in [3.63, 3.8) is 0 Å². The summed E-state index contributed by atoms with van der Waals surface area (Å²) >= 11 is 1.24. The molecule has 1 aromatic heterocycles. The number of likely N-dealkylation sites (N-methyl/N-ethyl adjacent to an activating group) is 1. The maximum Gasteiger partial charge on any atom is 0.419 e. The van der Waals surface area contributed by atoms with Gasteiger partial charge in [0.25, 0.3) is 0 Å². The molecule has 7 nitrogen and oxygen atoms in total. The van der Waals surface area contributed by atoms with Gasteiger partial charge in [-0.3, -0.25) is 4.90 Å². The molecule has 2 aromatic rings. The minimum Gasteiger partial charge on any atom is -0.493 e. The average molecular weight is 444 g/mol. The first kappa shape index (κ1) is 22.6. The number of halogens is 3. The van der Waals surface area contributed by atoms with Crippen molar-refractivity contribution in [3.8, 4) is 16.3 Å². The Balaban J connectivity index is 1.89. The van der Waals surface area contributed by atoms with Crippen LogP contribution in [-0.2, 0) is 16.5 Å². The number of hydrogen-bond acceptors (Lipinski definition) is 8. The van der Waals surface area contributed by atoms with Gasteiger partial charge in [0.15, 0.2) is 0 Å². The van der Waals surface area contributed by atoms with E-state index >= 15 is 0 Å². The predicted molar refractivity (Wildman–Crippen MR) is 106 cm³/mol. The third-order valence-corrected chi connectivity index (χ3v) is 6.55. The molecule has 11 heteroatoms. The predicted octanol–water partition coefficient (Wildman–Crippen LogP) is 4.67. The van der Waals surface area contributed by atoms with Crippen LogP contribution in [0.3, 0.4) is 0 Å². The van der Waals surface area contributed by atoms with Crippen LogP contribution in [0.25, 0.3) is 10.6 Å². The van der Waals surface area contributed by atoms with Crippen LogP contribution in [0, 0.1) is 4.91 Å². The molecule has 0 unspecified atom stereocenters. The SMILES string of the molecule is CN1C(C)(C)OC[C@@]1(C)c1nnc(-c2ccc(OCCCN=O)c(C(F)(F)F)c2)s1. The number of nitroso groups, excluding NO2 is 1. The summed E-state index contributed by atoms with van der Waals surface area (Å²) in [6.07, 6.45) is -4.36. The lowest BCUT2D eigenvalue weighted by Crippen LogP contribution is -2.46. The van der Waals surface area contributed by atoms with Gasteiger partial charge >= 0.3 is 6.18 Å². The Kier molecular flexibility index (Phi) is 6.17. The Morgan fingerprint density at radius 2 is 2.03 bits per heavy atom. The molecule has 0 amide bonds. The van der Waals surface area contributed by atoms with Crippen LogP contribution in [0.2, 0.25) is 0 Å². The van der Waals surface area contributed by atoms with Crippen molar-refractivity contribution in [2.24, 2.45) is 5.18 Å². The molecule has 0 aliphatic carbocycles. The number of ether oxygens (including phenoxy) is 2. The Bertz CT molecular complexity index is 919. The van der Waals surface area contributed by atoms with Gasteiger partial charge in [0.2, 0.25) is 0 Å². The zero-order valence-electron chi connectivity index (χ0n) is 17.1. The van der Waals surface area contributed by atoms with Crippen molar-refractivity contribution in [3.05, 3.63) is 33.7 Å². The second-order valence-corrected chi connectivity index (χ2v) is 8.72. The summed E-state index contributed by atoms with van der Waals surface area (Å²) in [6.45, 7) is 6.22.